The van der Waals surface area contributed by atoms with Crippen molar-refractivity contribution >= 4 is 11.6 Å². The highest BCUT2D eigenvalue weighted by molar-refractivity contribution is 5.95. The topological polar surface area (TPSA) is 41.6 Å². The monoisotopic (exact) mass is 316 g/mol. The number of nitrogens with zero attached hydrogens (tertiary/aromatic N) is 1. The van der Waals surface area contributed by atoms with Crippen molar-refractivity contribution in [3.05, 3.63) is 59.4 Å². The number of rotatable bonds is 5. The van der Waals surface area contributed by atoms with Crippen LogP contribution in [0.1, 0.15) is 28.9 Å². The minimum Gasteiger partial charge on any atom is -0.495 e. The highest BCUT2D eigenvalue weighted by Gasteiger charge is 2.15. The molecular weight excluding hydrogens is 295 g/mol. The Balaban J connectivity index is 2.32. The Hall–Kier alpha value is -2.56. The second-order valence-corrected chi connectivity index (χ2v) is 5.50. The summed E-state index contributed by atoms with van der Waals surface area (Å²) in [6, 6.07) is 11.5. The summed E-state index contributed by atoms with van der Waals surface area (Å²) >= 11 is 0. The minimum atomic E-state index is -0.271. The van der Waals surface area contributed by atoms with E-state index in [9.17, 15) is 9.18 Å². The van der Waals surface area contributed by atoms with E-state index < -0.39 is 0 Å². The molecule has 23 heavy (non-hydrogen) atoms. The van der Waals surface area contributed by atoms with Gasteiger partial charge in [-0.3, -0.25) is 4.79 Å². The molecule has 1 atom stereocenters. The first kappa shape index (κ1) is 16.8. The molecular formula is C18H21FN2O2. The van der Waals surface area contributed by atoms with E-state index in [0.29, 0.717) is 22.6 Å². The van der Waals surface area contributed by atoms with Crippen molar-refractivity contribution in [3.63, 3.8) is 0 Å². The molecule has 5 heteroatoms. The lowest BCUT2D eigenvalue weighted by Crippen LogP contribution is -2.21. The molecule has 1 unspecified atom stereocenters. The summed E-state index contributed by atoms with van der Waals surface area (Å²) in [4.78, 5) is 13.6. The number of amides is 1. The lowest BCUT2D eigenvalue weighted by Gasteiger charge is -2.20. The van der Waals surface area contributed by atoms with Crippen LogP contribution in [0.15, 0.2) is 42.5 Å². The summed E-state index contributed by atoms with van der Waals surface area (Å²) < 4.78 is 19.2. The molecule has 0 fully saturated rings. The molecule has 1 N–H and O–H groups in total. The average molecular weight is 316 g/mol. The van der Waals surface area contributed by atoms with Gasteiger partial charge in [-0.2, -0.15) is 0 Å². The van der Waals surface area contributed by atoms with Crippen LogP contribution in [-0.2, 0) is 0 Å². The van der Waals surface area contributed by atoms with Gasteiger partial charge >= 0.3 is 0 Å². The van der Waals surface area contributed by atoms with Crippen molar-refractivity contribution in [2.24, 2.45) is 0 Å². The third kappa shape index (κ3) is 3.80. The van der Waals surface area contributed by atoms with Crippen LogP contribution < -0.4 is 10.1 Å². The fourth-order valence-electron chi connectivity index (χ4n) is 2.35. The number of carbonyl (C=O) groups excluding carboxylic acids is 1. The SMILES string of the molecule is COc1ccc(C(=O)N(C)C)cc1NC(C)c1ccccc1F. The second-order valence-electron chi connectivity index (χ2n) is 5.50. The number of halogens is 1. The van der Waals surface area contributed by atoms with Crippen molar-refractivity contribution < 1.29 is 13.9 Å². The van der Waals surface area contributed by atoms with Crippen LogP contribution in [0.3, 0.4) is 0 Å². The number of benzene rings is 2. The Kier molecular flexibility index (Phi) is 5.21. The average Bonchev–Trinajstić information content (AvgIpc) is 2.54. The molecule has 2 aromatic rings. The maximum atomic E-state index is 13.9. The number of ether oxygens (including phenoxy) is 1. The van der Waals surface area contributed by atoms with Crippen molar-refractivity contribution in [3.8, 4) is 5.75 Å². The third-order valence-corrected chi connectivity index (χ3v) is 3.60. The predicted octanol–water partition coefficient (Wildman–Crippen LogP) is 3.71. The van der Waals surface area contributed by atoms with E-state index in [2.05, 4.69) is 5.32 Å². The molecule has 122 valence electrons. The fourth-order valence-corrected chi connectivity index (χ4v) is 2.35. The van der Waals surface area contributed by atoms with Gasteiger partial charge in [-0.1, -0.05) is 18.2 Å². The van der Waals surface area contributed by atoms with Gasteiger partial charge in [-0.05, 0) is 31.2 Å². The maximum Gasteiger partial charge on any atom is 0.253 e. The number of anilines is 1. The first-order valence-corrected chi connectivity index (χ1v) is 7.34. The van der Waals surface area contributed by atoms with Crippen molar-refractivity contribution in [2.45, 2.75) is 13.0 Å². The number of hydrogen-bond acceptors (Lipinski definition) is 3. The first-order chi connectivity index (χ1) is 10.9. The summed E-state index contributed by atoms with van der Waals surface area (Å²) in [6.45, 7) is 1.86. The van der Waals surface area contributed by atoms with E-state index in [4.69, 9.17) is 4.74 Å². The van der Waals surface area contributed by atoms with E-state index in [-0.39, 0.29) is 17.8 Å². The lowest BCUT2D eigenvalue weighted by molar-refractivity contribution is 0.0827. The molecule has 0 spiro atoms. The van der Waals surface area contributed by atoms with Crippen LogP contribution >= 0.6 is 0 Å². The van der Waals surface area contributed by atoms with Gasteiger partial charge < -0.3 is 15.0 Å². The zero-order valence-electron chi connectivity index (χ0n) is 13.8. The number of nitrogens with one attached hydrogen (secondary N) is 1. The van der Waals surface area contributed by atoms with E-state index in [1.807, 2.05) is 6.92 Å². The van der Waals surface area contributed by atoms with Gasteiger partial charge in [0, 0.05) is 25.2 Å². The van der Waals surface area contributed by atoms with Gasteiger partial charge in [0.2, 0.25) is 0 Å². The Morgan fingerprint density at radius 1 is 1.22 bits per heavy atom. The van der Waals surface area contributed by atoms with Crippen molar-refractivity contribution in [2.75, 3.05) is 26.5 Å². The number of carbonyl (C=O) groups is 1. The number of methoxy groups -OCH3 is 1. The van der Waals surface area contributed by atoms with Crippen LogP contribution in [0.25, 0.3) is 0 Å². The summed E-state index contributed by atoms with van der Waals surface area (Å²) in [5.41, 5.74) is 1.74. The predicted molar refractivity (Wildman–Crippen MR) is 89.4 cm³/mol. The van der Waals surface area contributed by atoms with Crippen LogP contribution in [0.5, 0.6) is 5.75 Å². The molecule has 0 saturated heterocycles. The lowest BCUT2D eigenvalue weighted by atomic mass is 10.1. The molecule has 0 aliphatic heterocycles. The summed E-state index contributed by atoms with van der Waals surface area (Å²) in [5, 5.41) is 3.22. The summed E-state index contributed by atoms with van der Waals surface area (Å²) in [7, 11) is 4.95. The van der Waals surface area contributed by atoms with E-state index in [1.54, 1.807) is 57.6 Å². The normalized spacial score (nSPS) is 11.7. The molecule has 2 rings (SSSR count). The highest BCUT2D eigenvalue weighted by Crippen LogP contribution is 2.30. The van der Waals surface area contributed by atoms with Gasteiger partial charge in [0.15, 0.2) is 0 Å². The largest absolute Gasteiger partial charge is 0.495 e. The molecule has 4 nitrogen and oxygen atoms in total. The summed E-state index contributed by atoms with van der Waals surface area (Å²) in [6.07, 6.45) is 0. The molecule has 0 bridgehead atoms. The fraction of sp³-hybridized carbons (Fsp3) is 0.278. The van der Waals surface area contributed by atoms with Crippen LogP contribution in [0.2, 0.25) is 0 Å². The quantitative estimate of drug-likeness (QED) is 0.914. The molecule has 0 radical (unpaired) electrons. The van der Waals surface area contributed by atoms with Gasteiger partial charge in [0.05, 0.1) is 18.8 Å². The minimum absolute atomic E-state index is 0.103. The summed E-state index contributed by atoms with van der Waals surface area (Å²) in [5.74, 6) is 0.227. The third-order valence-electron chi connectivity index (χ3n) is 3.60. The molecule has 1 amide bonds. The van der Waals surface area contributed by atoms with Crippen LogP contribution in [0.4, 0.5) is 10.1 Å². The molecule has 0 saturated carbocycles. The molecule has 0 aliphatic carbocycles. The van der Waals surface area contributed by atoms with Gasteiger partial charge in [0.1, 0.15) is 11.6 Å². The molecule has 0 heterocycles. The second kappa shape index (κ2) is 7.13. The first-order valence-electron chi connectivity index (χ1n) is 7.34. The van der Waals surface area contributed by atoms with Crippen molar-refractivity contribution in [1.29, 1.82) is 0 Å². The Morgan fingerprint density at radius 3 is 2.52 bits per heavy atom. The Bertz CT molecular complexity index is 701. The molecule has 0 aliphatic rings. The zero-order valence-corrected chi connectivity index (χ0v) is 13.8. The van der Waals surface area contributed by atoms with E-state index in [0.717, 1.165) is 0 Å². The Labute approximate surface area is 135 Å². The van der Waals surface area contributed by atoms with Gasteiger partial charge in [-0.15, -0.1) is 0 Å². The van der Waals surface area contributed by atoms with Gasteiger partial charge in [0.25, 0.3) is 5.91 Å². The van der Waals surface area contributed by atoms with Gasteiger partial charge in [-0.25, -0.2) is 4.39 Å². The maximum absolute atomic E-state index is 13.9. The number of hydrogen-bond donors (Lipinski definition) is 1. The zero-order chi connectivity index (χ0) is 17.0. The highest BCUT2D eigenvalue weighted by atomic mass is 19.1. The van der Waals surface area contributed by atoms with Crippen LogP contribution in [-0.4, -0.2) is 32.0 Å². The molecule has 2 aromatic carbocycles. The van der Waals surface area contributed by atoms with E-state index in [1.165, 1.54) is 11.0 Å². The smallest absolute Gasteiger partial charge is 0.253 e. The van der Waals surface area contributed by atoms with Crippen LogP contribution in [0, 0.1) is 5.82 Å². The Morgan fingerprint density at radius 2 is 1.91 bits per heavy atom. The van der Waals surface area contributed by atoms with E-state index >= 15 is 0 Å². The van der Waals surface area contributed by atoms with Crippen molar-refractivity contribution in [1.82, 2.24) is 4.90 Å². The molecule has 0 aromatic heterocycles. The standard InChI is InChI=1S/C18H21FN2O2/c1-12(14-7-5-6-8-15(14)19)20-16-11-13(18(22)21(2)3)9-10-17(16)23-4/h5-12,20H,1-4H3.